The van der Waals surface area contributed by atoms with E-state index in [9.17, 15) is 18.0 Å². The second-order valence-electron chi connectivity index (χ2n) is 6.91. The molecule has 9 nitrogen and oxygen atoms in total. The molecule has 2 N–H and O–H groups in total. The van der Waals surface area contributed by atoms with E-state index < -0.39 is 27.8 Å². The van der Waals surface area contributed by atoms with Gasteiger partial charge in [-0.15, -0.1) is 0 Å². The van der Waals surface area contributed by atoms with Crippen molar-refractivity contribution in [1.82, 2.24) is 0 Å². The first-order chi connectivity index (χ1) is 14.6. The number of anilines is 3. The van der Waals surface area contributed by atoms with Gasteiger partial charge in [-0.25, -0.2) is 13.2 Å². The van der Waals surface area contributed by atoms with Crippen LogP contribution in [0.5, 0.6) is 5.75 Å². The van der Waals surface area contributed by atoms with E-state index in [1.54, 1.807) is 62.5 Å². The highest BCUT2D eigenvalue weighted by molar-refractivity contribution is 7.93. The van der Waals surface area contributed by atoms with E-state index in [0.29, 0.717) is 22.8 Å². The number of hydrogen-bond donors (Lipinski definition) is 2. The molecular formula is C21H27N3O6S. The quantitative estimate of drug-likeness (QED) is 0.606. The van der Waals surface area contributed by atoms with Crippen molar-refractivity contribution < 1.29 is 27.5 Å². The monoisotopic (exact) mass is 449 g/mol. The number of sulfonamides is 1. The molecular weight excluding hydrogens is 422 g/mol. The largest absolute Gasteiger partial charge is 0.491 e. The van der Waals surface area contributed by atoms with Crippen LogP contribution in [-0.2, 0) is 19.6 Å². The number of carbonyl (C=O) groups excluding carboxylic acids is 2. The summed E-state index contributed by atoms with van der Waals surface area (Å²) in [5.41, 5.74) is 1.29. The van der Waals surface area contributed by atoms with Crippen molar-refractivity contribution in [2.24, 2.45) is 0 Å². The van der Waals surface area contributed by atoms with Gasteiger partial charge >= 0.3 is 6.09 Å². The van der Waals surface area contributed by atoms with Crippen LogP contribution in [0.2, 0.25) is 0 Å². The molecule has 0 saturated carbocycles. The Balaban J connectivity index is 1.93. The smallest absolute Gasteiger partial charge is 0.413 e. The van der Waals surface area contributed by atoms with Crippen LogP contribution in [0.15, 0.2) is 48.5 Å². The summed E-state index contributed by atoms with van der Waals surface area (Å²) in [7, 11) is -2.34. The first-order valence-electron chi connectivity index (χ1n) is 9.67. The molecule has 0 spiro atoms. The predicted octanol–water partition coefficient (Wildman–Crippen LogP) is 3.45. The standard InChI is InChI=1S/C21H27N3O6S/c1-5-29-21(26)24(4)18-10-6-16(7-11-18)22-20(25)14-31(27,28)23-17-8-12-19(13-9-17)30-15(2)3/h6-13,15,23H,5,14H2,1-4H3,(H,22,25). The zero-order chi connectivity index (χ0) is 23.0. The summed E-state index contributed by atoms with van der Waals surface area (Å²) in [6.07, 6.45) is -0.494. The van der Waals surface area contributed by atoms with E-state index in [1.165, 1.54) is 4.90 Å². The van der Waals surface area contributed by atoms with Gasteiger partial charge in [0.05, 0.1) is 12.7 Å². The van der Waals surface area contributed by atoms with Gasteiger partial charge in [0.15, 0.2) is 0 Å². The van der Waals surface area contributed by atoms with Crippen LogP contribution >= 0.6 is 0 Å². The van der Waals surface area contributed by atoms with Crippen molar-refractivity contribution in [1.29, 1.82) is 0 Å². The maximum absolute atomic E-state index is 12.3. The van der Waals surface area contributed by atoms with Gasteiger partial charge in [-0.2, -0.15) is 0 Å². The van der Waals surface area contributed by atoms with Gasteiger partial charge in [-0.1, -0.05) is 0 Å². The molecule has 2 aromatic rings. The summed E-state index contributed by atoms with van der Waals surface area (Å²) in [5.74, 6) is -0.826. The molecule has 0 saturated heterocycles. The molecule has 168 valence electrons. The topological polar surface area (TPSA) is 114 Å². The highest BCUT2D eigenvalue weighted by Crippen LogP contribution is 2.19. The minimum Gasteiger partial charge on any atom is -0.491 e. The van der Waals surface area contributed by atoms with E-state index in [2.05, 4.69) is 10.0 Å². The van der Waals surface area contributed by atoms with Crippen molar-refractivity contribution in [2.75, 3.05) is 34.3 Å². The molecule has 0 aliphatic heterocycles. The fraction of sp³-hybridized carbons (Fsp3) is 0.333. The van der Waals surface area contributed by atoms with E-state index in [4.69, 9.17) is 9.47 Å². The molecule has 0 aliphatic rings. The Bertz CT molecular complexity index is 989. The number of carbonyl (C=O) groups is 2. The van der Waals surface area contributed by atoms with Crippen molar-refractivity contribution >= 4 is 39.1 Å². The number of amides is 2. The molecule has 0 aliphatic carbocycles. The Kier molecular flexibility index (Phi) is 8.26. The first kappa shape index (κ1) is 24.0. The number of nitrogens with zero attached hydrogens (tertiary/aromatic N) is 1. The van der Waals surface area contributed by atoms with Gasteiger partial charge in [0.1, 0.15) is 11.5 Å². The predicted molar refractivity (Wildman–Crippen MR) is 120 cm³/mol. The molecule has 31 heavy (non-hydrogen) atoms. The number of nitrogens with one attached hydrogen (secondary N) is 2. The summed E-state index contributed by atoms with van der Waals surface area (Å²) in [4.78, 5) is 25.2. The van der Waals surface area contributed by atoms with Crippen LogP contribution in [0, 0.1) is 0 Å². The molecule has 2 rings (SSSR count). The van der Waals surface area contributed by atoms with Crippen LogP contribution in [0.25, 0.3) is 0 Å². The van der Waals surface area contributed by atoms with Gasteiger partial charge in [-0.3, -0.25) is 14.4 Å². The maximum Gasteiger partial charge on any atom is 0.413 e. The number of rotatable bonds is 9. The van der Waals surface area contributed by atoms with Crippen LogP contribution in [0.3, 0.4) is 0 Å². The lowest BCUT2D eigenvalue weighted by molar-refractivity contribution is -0.113. The van der Waals surface area contributed by atoms with Crippen molar-refractivity contribution in [2.45, 2.75) is 26.9 Å². The molecule has 0 radical (unpaired) electrons. The first-order valence-corrected chi connectivity index (χ1v) is 11.3. The maximum atomic E-state index is 12.3. The second-order valence-corrected chi connectivity index (χ2v) is 8.63. The third-order valence-electron chi connectivity index (χ3n) is 3.90. The number of hydrogen-bond acceptors (Lipinski definition) is 6. The summed E-state index contributed by atoms with van der Waals surface area (Å²) < 4.78 is 37.4. The highest BCUT2D eigenvalue weighted by Gasteiger charge is 2.17. The Labute approximate surface area is 182 Å². The Hall–Kier alpha value is -3.27. The average molecular weight is 450 g/mol. The molecule has 0 heterocycles. The Morgan fingerprint density at radius 1 is 1.00 bits per heavy atom. The van der Waals surface area contributed by atoms with Crippen LogP contribution in [-0.4, -0.2) is 45.9 Å². The minimum atomic E-state index is -3.90. The third kappa shape index (κ3) is 7.82. The van der Waals surface area contributed by atoms with E-state index in [0.717, 1.165) is 0 Å². The second kappa shape index (κ2) is 10.7. The van der Waals surface area contributed by atoms with Crippen LogP contribution in [0.4, 0.5) is 21.9 Å². The molecule has 0 aromatic heterocycles. The zero-order valence-corrected chi connectivity index (χ0v) is 18.7. The van der Waals surface area contributed by atoms with Gasteiger partial charge in [0.2, 0.25) is 15.9 Å². The molecule has 0 unspecified atom stereocenters. The van der Waals surface area contributed by atoms with Gasteiger partial charge in [0, 0.05) is 24.1 Å². The Morgan fingerprint density at radius 3 is 2.13 bits per heavy atom. The van der Waals surface area contributed by atoms with E-state index >= 15 is 0 Å². The van der Waals surface area contributed by atoms with Crippen LogP contribution < -0.4 is 19.7 Å². The van der Waals surface area contributed by atoms with Crippen molar-refractivity contribution in [3.8, 4) is 5.75 Å². The number of ether oxygens (including phenoxy) is 2. The zero-order valence-electron chi connectivity index (χ0n) is 17.9. The van der Waals surface area contributed by atoms with E-state index in [-0.39, 0.29) is 12.7 Å². The minimum absolute atomic E-state index is 0.00543. The normalized spacial score (nSPS) is 11.0. The lowest BCUT2D eigenvalue weighted by Gasteiger charge is -2.17. The summed E-state index contributed by atoms with van der Waals surface area (Å²) in [6.45, 7) is 5.75. The van der Waals surface area contributed by atoms with Crippen molar-refractivity contribution in [3.63, 3.8) is 0 Å². The summed E-state index contributed by atoms with van der Waals surface area (Å²) in [5, 5.41) is 2.52. The molecule has 0 bridgehead atoms. The highest BCUT2D eigenvalue weighted by atomic mass is 32.2. The SMILES string of the molecule is CCOC(=O)N(C)c1ccc(NC(=O)CS(=O)(=O)Nc2ccc(OC(C)C)cc2)cc1. The molecule has 2 aromatic carbocycles. The third-order valence-corrected chi connectivity index (χ3v) is 5.09. The summed E-state index contributed by atoms with van der Waals surface area (Å²) in [6, 6.07) is 12.8. The molecule has 0 atom stereocenters. The summed E-state index contributed by atoms with van der Waals surface area (Å²) >= 11 is 0. The molecule has 10 heteroatoms. The van der Waals surface area contributed by atoms with Gasteiger partial charge in [0.25, 0.3) is 0 Å². The van der Waals surface area contributed by atoms with E-state index in [1.807, 2.05) is 13.8 Å². The van der Waals surface area contributed by atoms with Gasteiger partial charge in [-0.05, 0) is 69.3 Å². The van der Waals surface area contributed by atoms with Crippen LogP contribution in [0.1, 0.15) is 20.8 Å². The fourth-order valence-corrected chi connectivity index (χ4v) is 3.54. The molecule has 0 fully saturated rings. The average Bonchev–Trinajstić information content (AvgIpc) is 2.68. The number of benzene rings is 2. The lowest BCUT2D eigenvalue weighted by atomic mass is 10.2. The Morgan fingerprint density at radius 2 is 1.58 bits per heavy atom. The van der Waals surface area contributed by atoms with Gasteiger partial charge < -0.3 is 14.8 Å². The fourth-order valence-electron chi connectivity index (χ4n) is 2.55. The lowest BCUT2D eigenvalue weighted by Crippen LogP contribution is -2.28. The van der Waals surface area contributed by atoms with Crippen molar-refractivity contribution in [3.05, 3.63) is 48.5 Å². The molecule has 2 amide bonds.